The van der Waals surface area contributed by atoms with Crippen molar-refractivity contribution in [3.05, 3.63) is 12.4 Å². The monoisotopic (exact) mass is 301 g/mol. The summed E-state index contributed by atoms with van der Waals surface area (Å²) in [4.78, 5) is 0. The summed E-state index contributed by atoms with van der Waals surface area (Å²) in [7, 11) is -2.96. The molecule has 114 valence electrons. The number of ether oxygens (including phenoxy) is 1. The SMILES string of the molecule is CCS(=O)(=O)CC(C)Nc1cnn(CC2CCCO2)c1. The van der Waals surface area contributed by atoms with Gasteiger partial charge in [0.2, 0.25) is 0 Å². The van der Waals surface area contributed by atoms with Crippen molar-refractivity contribution in [3.8, 4) is 0 Å². The fourth-order valence-corrected chi connectivity index (χ4v) is 3.44. The van der Waals surface area contributed by atoms with E-state index in [9.17, 15) is 8.42 Å². The van der Waals surface area contributed by atoms with Crippen LogP contribution in [0, 0.1) is 0 Å². The first-order valence-corrected chi connectivity index (χ1v) is 8.91. The zero-order chi connectivity index (χ0) is 14.6. The fraction of sp³-hybridized carbons (Fsp3) is 0.769. The van der Waals surface area contributed by atoms with Crippen LogP contribution in [0.2, 0.25) is 0 Å². The predicted octanol–water partition coefficient (Wildman–Crippen LogP) is 1.30. The zero-order valence-electron chi connectivity index (χ0n) is 12.1. The molecule has 1 aliphatic heterocycles. The molecule has 1 aliphatic rings. The highest BCUT2D eigenvalue weighted by atomic mass is 32.2. The lowest BCUT2D eigenvalue weighted by atomic mass is 10.2. The van der Waals surface area contributed by atoms with Crippen LogP contribution in [0.1, 0.15) is 26.7 Å². The molecule has 2 heterocycles. The Morgan fingerprint density at radius 2 is 2.40 bits per heavy atom. The van der Waals surface area contributed by atoms with E-state index >= 15 is 0 Å². The van der Waals surface area contributed by atoms with Crippen LogP contribution in [-0.4, -0.2) is 48.5 Å². The van der Waals surface area contributed by atoms with Gasteiger partial charge >= 0.3 is 0 Å². The van der Waals surface area contributed by atoms with Crippen molar-refractivity contribution in [2.24, 2.45) is 0 Å². The Morgan fingerprint density at radius 3 is 3.05 bits per heavy atom. The average molecular weight is 301 g/mol. The Bertz CT molecular complexity index is 521. The first-order chi connectivity index (χ1) is 9.48. The molecule has 7 heteroatoms. The number of anilines is 1. The molecule has 2 rings (SSSR count). The first kappa shape index (κ1) is 15.3. The van der Waals surface area contributed by atoms with E-state index in [0.29, 0.717) is 0 Å². The standard InChI is InChI=1S/C13H23N3O3S/c1-3-20(17,18)10-11(2)15-12-7-14-16(8-12)9-13-5-4-6-19-13/h7-8,11,13,15H,3-6,9-10H2,1-2H3. The van der Waals surface area contributed by atoms with Gasteiger partial charge in [0.1, 0.15) is 0 Å². The molecule has 6 nitrogen and oxygen atoms in total. The highest BCUT2D eigenvalue weighted by molar-refractivity contribution is 7.91. The molecule has 0 bridgehead atoms. The molecule has 0 spiro atoms. The van der Waals surface area contributed by atoms with Crippen molar-refractivity contribution in [3.63, 3.8) is 0 Å². The van der Waals surface area contributed by atoms with Gasteiger partial charge in [-0.2, -0.15) is 5.10 Å². The quantitative estimate of drug-likeness (QED) is 0.821. The van der Waals surface area contributed by atoms with Gasteiger partial charge in [-0.05, 0) is 19.8 Å². The van der Waals surface area contributed by atoms with Crippen LogP contribution < -0.4 is 5.32 Å². The van der Waals surface area contributed by atoms with Crippen LogP contribution in [-0.2, 0) is 21.1 Å². The molecule has 0 saturated carbocycles. The van der Waals surface area contributed by atoms with E-state index in [1.807, 2.05) is 17.8 Å². The summed E-state index contributed by atoms with van der Waals surface area (Å²) >= 11 is 0. The lowest BCUT2D eigenvalue weighted by Gasteiger charge is -2.13. The number of nitrogens with one attached hydrogen (secondary N) is 1. The number of nitrogens with zero attached hydrogens (tertiary/aromatic N) is 2. The van der Waals surface area contributed by atoms with Crippen LogP contribution in [0.25, 0.3) is 0 Å². The Morgan fingerprint density at radius 1 is 1.60 bits per heavy atom. The molecular weight excluding hydrogens is 278 g/mol. The van der Waals surface area contributed by atoms with Crippen LogP contribution in [0.3, 0.4) is 0 Å². The lowest BCUT2D eigenvalue weighted by molar-refractivity contribution is 0.0940. The lowest BCUT2D eigenvalue weighted by Crippen LogP contribution is -2.26. The minimum Gasteiger partial charge on any atom is -0.379 e. The van der Waals surface area contributed by atoms with E-state index in [1.54, 1.807) is 13.1 Å². The normalized spacial score (nSPS) is 21.0. The fourth-order valence-electron chi connectivity index (χ4n) is 2.36. The largest absolute Gasteiger partial charge is 0.379 e. The molecule has 0 aliphatic carbocycles. The van der Waals surface area contributed by atoms with E-state index < -0.39 is 9.84 Å². The van der Waals surface area contributed by atoms with Gasteiger partial charge in [0, 0.05) is 24.6 Å². The van der Waals surface area contributed by atoms with Crippen LogP contribution >= 0.6 is 0 Å². The number of sulfone groups is 1. The molecule has 2 atom stereocenters. The van der Waals surface area contributed by atoms with Crippen molar-refractivity contribution in [1.29, 1.82) is 0 Å². The van der Waals surface area contributed by atoms with Crippen molar-refractivity contribution < 1.29 is 13.2 Å². The minimum absolute atomic E-state index is 0.125. The van der Waals surface area contributed by atoms with E-state index in [0.717, 1.165) is 31.7 Å². The second-order valence-electron chi connectivity index (χ2n) is 5.33. The maximum atomic E-state index is 11.6. The average Bonchev–Trinajstić information content (AvgIpc) is 3.01. The van der Waals surface area contributed by atoms with Gasteiger partial charge < -0.3 is 10.1 Å². The summed E-state index contributed by atoms with van der Waals surface area (Å²) in [6.45, 7) is 5.12. The van der Waals surface area contributed by atoms with E-state index in [1.165, 1.54) is 0 Å². The van der Waals surface area contributed by atoms with Gasteiger partial charge in [-0.1, -0.05) is 6.92 Å². The van der Waals surface area contributed by atoms with Crippen molar-refractivity contribution in [2.75, 3.05) is 23.4 Å². The number of rotatable bonds is 7. The van der Waals surface area contributed by atoms with Gasteiger partial charge in [0.25, 0.3) is 0 Å². The maximum Gasteiger partial charge on any atom is 0.152 e. The third-order valence-corrected chi connectivity index (χ3v) is 5.29. The molecule has 20 heavy (non-hydrogen) atoms. The molecule has 1 aromatic rings. The Kier molecular flexibility index (Phi) is 5.04. The number of hydrogen-bond donors (Lipinski definition) is 1. The van der Waals surface area contributed by atoms with Crippen LogP contribution in [0.4, 0.5) is 5.69 Å². The van der Waals surface area contributed by atoms with Crippen LogP contribution in [0.5, 0.6) is 0 Å². The molecule has 2 unspecified atom stereocenters. The Labute approximate surface area is 120 Å². The van der Waals surface area contributed by atoms with Gasteiger partial charge in [-0.3, -0.25) is 4.68 Å². The molecule has 1 N–H and O–H groups in total. The Balaban J connectivity index is 1.85. The molecule has 0 aromatic carbocycles. The van der Waals surface area contributed by atoms with E-state index in [2.05, 4.69) is 10.4 Å². The van der Waals surface area contributed by atoms with Gasteiger partial charge in [0.05, 0.1) is 30.3 Å². The molecule has 1 saturated heterocycles. The Hall–Kier alpha value is -1.08. The van der Waals surface area contributed by atoms with Gasteiger partial charge in [-0.25, -0.2) is 8.42 Å². The summed E-state index contributed by atoms with van der Waals surface area (Å²) in [6, 6.07) is -0.125. The summed E-state index contributed by atoms with van der Waals surface area (Å²) < 4.78 is 30.5. The summed E-state index contributed by atoms with van der Waals surface area (Å²) in [5.74, 6) is 0.317. The first-order valence-electron chi connectivity index (χ1n) is 7.09. The number of aromatic nitrogens is 2. The molecule has 1 aromatic heterocycles. The second kappa shape index (κ2) is 6.58. The van der Waals surface area contributed by atoms with E-state index in [-0.39, 0.29) is 23.7 Å². The van der Waals surface area contributed by atoms with Gasteiger partial charge in [0.15, 0.2) is 9.84 Å². The topological polar surface area (TPSA) is 73.2 Å². The molecular formula is C13H23N3O3S. The zero-order valence-corrected chi connectivity index (χ0v) is 12.9. The summed E-state index contributed by atoms with van der Waals surface area (Å²) in [6.07, 6.45) is 6.07. The predicted molar refractivity (Wildman–Crippen MR) is 78.6 cm³/mol. The third kappa shape index (κ3) is 4.49. The molecule has 1 fully saturated rings. The molecule has 0 radical (unpaired) electrons. The summed E-state index contributed by atoms with van der Waals surface area (Å²) in [5.41, 5.74) is 0.849. The third-order valence-electron chi connectivity index (χ3n) is 3.40. The highest BCUT2D eigenvalue weighted by Gasteiger charge is 2.17. The highest BCUT2D eigenvalue weighted by Crippen LogP contribution is 2.15. The maximum absolute atomic E-state index is 11.6. The van der Waals surface area contributed by atoms with Crippen molar-refractivity contribution in [1.82, 2.24) is 9.78 Å². The van der Waals surface area contributed by atoms with Crippen molar-refractivity contribution in [2.45, 2.75) is 45.4 Å². The molecule has 0 amide bonds. The number of hydrogen-bond acceptors (Lipinski definition) is 5. The van der Waals surface area contributed by atoms with Crippen LogP contribution in [0.15, 0.2) is 12.4 Å². The van der Waals surface area contributed by atoms with Crippen molar-refractivity contribution >= 4 is 15.5 Å². The smallest absolute Gasteiger partial charge is 0.152 e. The van der Waals surface area contributed by atoms with Gasteiger partial charge in [-0.15, -0.1) is 0 Å². The second-order valence-corrected chi connectivity index (χ2v) is 7.73. The minimum atomic E-state index is -2.96. The summed E-state index contributed by atoms with van der Waals surface area (Å²) in [5, 5.41) is 7.45. The van der Waals surface area contributed by atoms with E-state index in [4.69, 9.17) is 4.74 Å².